The topological polar surface area (TPSA) is 126 Å². The number of piperazine rings is 1. The van der Waals surface area contributed by atoms with Gasteiger partial charge in [0.25, 0.3) is 5.91 Å². The van der Waals surface area contributed by atoms with Crippen LogP contribution in [0, 0.1) is 6.92 Å². The van der Waals surface area contributed by atoms with E-state index in [1.54, 1.807) is 18.2 Å². The van der Waals surface area contributed by atoms with E-state index < -0.39 is 24.0 Å². The molecule has 1 fully saturated rings. The maximum absolute atomic E-state index is 12.9. The summed E-state index contributed by atoms with van der Waals surface area (Å²) in [6.45, 7) is 9.21. The molecule has 2 aromatic carbocycles. The summed E-state index contributed by atoms with van der Waals surface area (Å²) in [7, 11) is 2.14. The van der Waals surface area contributed by atoms with Gasteiger partial charge < -0.3 is 35.6 Å². The van der Waals surface area contributed by atoms with E-state index in [1.165, 1.54) is 12.6 Å². The monoisotopic (exact) mass is 566 g/mol. The molecule has 4 N–H and O–H groups in total. The van der Waals surface area contributed by atoms with Crippen LogP contribution in [0.25, 0.3) is 0 Å². The van der Waals surface area contributed by atoms with Crippen LogP contribution in [-0.2, 0) is 16.1 Å². The highest BCUT2D eigenvalue weighted by Gasteiger charge is 2.26. The summed E-state index contributed by atoms with van der Waals surface area (Å²) < 4.78 is 5.84. The number of anilines is 1. The second-order valence-corrected chi connectivity index (χ2v) is 10.8. The fraction of sp³-hybridized carbons (Fsp3) is 0.500. The van der Waals surface area contributed by atoms with Gasteiger partial charge in [-0.3, -0.25) is 19.3 Å². The Hall–Kier alpha value is -3.67. The third kappa shape index (κ3) is 8.66. The number of fused-ring (bicyclic) bond motifs is 2. The lowest BCUT2D eigenvalue weighted by molar-refractivity contribution is -0.125. The lowest BCUT2D eigenvalue weighted by Crippen LogP contribution is -2.53. The minimum Gasteiger partial charge on any atom is -0.491 e. The minimum absolute atomic E-state index is 0.140. The van der Waals surface area contributed by atoms with Crippen molar-refractivity contribution in [1.29, 1.82) is 0 Å². The maximum atomic E-state index is 12.9. The minimum atomic E-state index is -1.14. The van der Waals surface area contributed by atoms with Gasteiger partial charge in [0, 0.05) is 57.1 Å². The molecule has 0 aromatic heterocycles. The predicted molar refractivity (Wildman–Crippen MR) is 157 cm³/mol. The summed E-state index contributed by atoms with van der Waals surface area (Å²) in [4.78, 5) is 45.3. The standard InChI is InChI=1S/C30H42N6O5/c1-21-4-7-24-18-26(21)41-17-11-31-27(38)20-35(12-10-32-30(40)28(22(2)37)33-29(24)39)19-23-5-8-25(9-6-23)36-15-13-34(3)14-16-36/h4-9,18,22,28,37H,10-17,19-20H2,1-3H3,(H,31,38)(H,32,40)(H,33,39)/t22-,28+/m1/s1. The summed E-state index contributed by atoms with van der Waals surface area (Å²) in [5.74, 6) is -0.629. The number of rotatable bonds is 4. The first-order valence-corrected chi connectivity index (χ1v) is 14.2. The van der Waals surface area contributed by atoms with Crippen LogP contribution in [0.5, 0.6) is 5.75 Å². The normalized spacial score (nSPS) is 21.2. The summed E-state index contributed by atoms with van der Waals surface area (Å²) in [5, 5.41) is 18.6. The molecular weight excluding hydrogens is 524 g/mol. The Morgan fingerprint density at radius 3 is 2.41 bits per heavy atom. The Balaban J connectivity index is 1.45. The lowest BCUT2D eigenvalue weighted by Gasteiger charge is -2.34. The Kier molecular flexibility index (Phi) is 10.6. The van der Waals surface area contributed by atoms with Crippen molar-refractivity contribution in [2.24, 2.45) is 0 Å². The molecule has 222 valence electrons. The van der Waals surface area contributed by atoms with E-state index in [9.17, 15) is 19.5 Å². The summed E-state index contributed by atoms with van der Waals surface area (Å²) >= 11 is 0. The van der Waals surface area contributed by atoms with Crippen molar-refractivity contribution in [3.63, 3.8) is 0 Å². The van der Waals surface area contributed by atoms with Crippen LogP contribution in [-0.4, -0.2) is 111 Å². The number of hydrogen-bond donors (Lipinski definition) is 4. The number of aryl methyl sites for hydroxylation is 1. The van der Waals surface area contributed by atoms with Crippen LogP contribution in [0.15, 0.2) is 42.5 Å². The fourth-order valence-corrected chi connectivity index (χ4v) is 4.93. The van der Waals surface area contributed by atoms with Crippen LogP contribution >= 0.6 is 0 Å². The van der Waals surface area contributed by atoms with E-state index in [1.807, 2.05) is 11.8 Å². The van der Waals surface area contributed by atoms with E-state index in [0.717, 1.165) is 37.3 Å². The molecule has 11 nitrogen and oxygen atoms in total. The average Bonchev–Trinajstić information content (AvgIpc) is 2.95. The third-order valence-electron chi connectivity index (χ3n) is 7.49. The van der Waals surface area contributed by atoms with Crippen LogP contribution in [0.4, 0.5) is 5.69 Å². The van der Waals surface area contributed by atoms with Gasteiger partial charge in [-0.15, -0.1) is 0 Å². The zero-order valence-corrected chi connectivity index (χ0v) is 24.2. The number of benzene rings is 2. The summed E-state index contributed by atoms with van der Waals surface area (Å²) in [5.41, 5.74) is 3.38. The van der Waals surface area contributed by atoms with Gasteiger partial charge in [-0.05, 0) is 56.3 Å². The van der Waals surface area contributed by atoms with Crippen LogP contribution in [0.2, 0.25) is 0 Å². The molecule has 0 spiro atoms. The molecule has 2 aliphatic heterocycles. The van der Waals surface area contributed by atoms with Gasteiger partial charge in [-0.2, -0.15) is 0 Å². The molecule has 2 bridgehead atoms. The second-order valence-electron chi connectivity index (χ2n) is 10.8. The van der Waals surface area contributed by atoms with Crippen LogP contribution in [0.1, 0.15) is 28.4 Å². The largest absolute Gasteiger partial charge is 0.491 e. The molecule has 41 heavy (non-hydrogen) atoms. The van der Waals surface area contributed by atoms with Crippen LogP contribution < -0.4 is 25.6 Å². The van der Waals surface area contributed by atoms with E-state index in [4.69, 9.17) is 4.74 Å². The van der Waals surface area contributed by atoms with Crippen molar-refractivity contribution in [2.45, 2.75) is 32.5 Å². The van der Waals surface area contributed by atoms with Gasteiger partial charge in [0.1, 0.15) is 18.4 Å². The zero-order chi connectivity index (χ0) is 29.4. The number of nitrogens with zero attached hydrogens (tertiary/aromatic N) is 3. The van der Waals surface area contributed by atoms with Gasteiger partial charge in [0.2, 0.25) is 11.8 Å². The molecule has 3 amide bonds. The molecule has 2 atom stereocenters. The molecule has 2 aromatic rings. The van der Waals surface area contributed by atoms with Crippen molar-refractivity contribution in [3.05, 3.63) is 59.2 Å². The Bertz CT molecular complexity index is 1200. The van der Waals surface area contributed by atoms with E-state index in [0.29, 0.717) is 30.9 Å². The van der Waals surface area contributed by atoms with Gasteiger partial charge in [-0.25, -0.2) is 0 Å². The molecule has 0 saturated carbocycles. The number of carbonyl (C=O) groups is 3. The van der Waals surface area contributed by atoms with Crippen molar-refractivity contribution in [3.8, 4) is 5.75 Å². The van der Waals surface area contributed by atoms with Crippen molar-refractivity contribution < 1.29 is 24.2 Å². The first-order chi connectivity index (χ1) is 19.7. The molecule has 0 radical (unpaired) electrons. The molecule has 2 heterocycles. The highest BCUT2D eigenvalue weighted by Crippen LogP contribution is 2.20. The molecule has 1 saturated heterocycles. The Morgan fingerprint density at radius 1 is 0.976 bits per heavy atom. The fourth-order valence-electron chi connectivity index (χ4n) is 4.93. The van der Waals surface area contributed by atoms with Gasteiger partial charge in [0.05, 0.1) is 19.2 Å². The number of likely N-dealkylation sites (N-methyl/N-ethyl adjacent to an activating group) is 1. The molecule has 0 unspecified atom stereocenters. The summed E-state index contributed by atoms with van der Waals surface area (Å²) in [6.07, 6.45) is -1.11. The molecular formula is C30H42N6O5. The van der Waals surface area contributed by atoms with Crippen molar-refractivity contribution in [2.75, 3.05) is 70.9 Å². The van der Waals surface area contributed by atoms with Gasteiger partial charge in [-0.1, -0.05) is 18.2 Å². The molecule has 0 aliphatic carbocycles. The van der Waals surface area contributed by atoms with E-state index >= 15 is 0 Å². The average molecular weight is 567 g/mol. The highest BCUT2D eigenvalue weighted by atomic mass is 16.5. The third-order valence-corrected chi connectivity index (χ3v) is 7.49. The van der Waals surface area contributed by atoms with E-state index in [2.05, 4.69) is 57.1 Å². The van der Waals surface area contributed by atoms with Gasteiger partial charge in [0.15, 0.2) is 0 Å². The Morgan fingerprint density at radius 2 is 1.71 bits per heavy atom. The van der Waals surface area contributed by atoms with Gasteiger partial charge >= 0.3 is 0 Å². The lowest BCUT2D eigenvalue weighted by atomic mass is 10.1. The smallest absolute Gasteiger partial charge is 0.252 e. The number of carbonyl (C=O) groups excluding carboxylic acids is 3. The zero-order valence-electron chi connectivity index (χ0n) is 24.2. The number of amides is 3. The van der Waals surface area contributed by atoms with Crippen molar-refractivity contribution >= 4 is 23.4 Å². The predicted octanol–water partition coefficient (Wildman–Crippen LogP) is 0.353. The molecule has 4 rings (SSSR count). The maximum Gasteiger partial charge on any atom is 0.252 e. The van der Waals surface area contributed by atoms with Crippen LogP contribution in [0.3, 0.4) is 0 Å². The number of nitrogens with one attached hydrogen (secondary N) is 3. The van der Waals surface area contributed by atoms with Crippen molar-refractivity contribution in [1.82, 2.24) is 25.8 Å². The van der Waals surface area contributed by atoms with E-state index in [-0.39, 0.29) is 25.6 Å². The molecule has 2 aliphatic rings. The second kappa shape index (κ2) is 14.3. The molecule has 11 heteroatoms. The first kappa shape index (κ1) is 30.3. The number of aliphatic hydroxyl groups is 1. The summed E-state index contributed by atoms with van der Waals surface area (Å²) in [6, 6.07) is 12.2. The highest BCUT2D eigenvalue weighted by molar-refractivity contribution is 5.98. The Labute approximate surface area is 241 Å². The quantitative estimate of drug-likeness (QED) is 0.418. The SMILES string of the molecule is Cc1ccc2cc1OCCNC(=O)CN(Cc1ccc(N3CCN(C)CC3)cc1)CCNC(=O)[C@H]([C@@H](C)O)NC2=O. The number of aliphatic hydroxyl groups excluding tert-OH is 1. The number of ether oxygens (including phenoxy) is 1. The first-order valence-electron chi connectivity index (χ1n) is 14.2. The number of hydrogen-bond acceptors (Lipinski definition) is 8.